The van der Waals surface area contributed by atoms with E-state index in [-0.39, 0.29) is 5.56 Å². The number of fused-ring (bicyclic) bond motifs is 1. The van der Waals surface area contributed by atoms with Crippen molar-refractivity contribution in [1.29, 1.82) is 0 Å². The Kier molecular flexibility index (Phi) is 5.15. The third kappa shape index (κ3) is 4.44. The molecule has 0 saturated carbocycles. The fraction of sp³-hybridized carbons (Fsp3) is 0.438. The van der Waals surface area contributed by atoms with Gasteiger partial charge >= 0.3 is 12.3 Å². The highest BCUT2D eigenvalue weighted by atomic mass is 19.4. The lowest BCUT2D eigenvalue weighted by Crippen LogP contribution is -2.45. The Morgan fingerprint density at radius 1 is 1.31 bits per heavy atom. The number of carbonyl (C=O) groups is 2. The largest absolute Gasteiger partial charge is 0.465 e. The molecule has 2 heterocycles. The van der Waals surface area contributed by atoms with Gasteiger partial charge in [-0.1, -0.05) is 0 Å². The molecule has 0 fully saturated rings. The van der Waals surface area contributed by atoms with Crippen LogP contribution in [0.25, 0.3) is 5.52 Å². The van der Waals surface area contributed by atoms with Gasteiger partial charge in [-0.15, -0.1) is 0 Å². The number of amides is 2. The van der Waals surface area contributed by atoms with Crippen LogP contribution in [0.15, 0.2) is 24.5 Å². The normalized spacial score (nSPS) is 12.2. The zero-order valence-electron chi connectivity index (χ0n) is 14.5. The van der Waals surface area contributed by atoms with Gasteiger partial charge < -0.3 is 10.4 Å². The number of hydrogen-bond donors (Lipinski definition) is 2. The van der Waals surface area contributed by atoms with E-state index in [0.717, 1.165) is 4.90 Å². The van der Waals surface area contributed by atoms with E-state index >= 15 is 0 Å². The molecule has 10 heteroatoms. The third-order valence-corrected chi connectivity index (χ3v) is 3.56. The van der Waals surface area contributed by atoms with E-state index in [1.165, 1.54) is 29.0 Å². The van der Waals surface area contributed by atoms with Crippen LogP contribution in [0.2, 0.25) is 0 Å². The van der Waals surface area contributed by atoms with Gasteiger partial charge in [0.2, 0.25) is 0 Å². The summed E-state index contributed by atoms with van der Waals surface area (Å²) in [7, 11) is 0. The van der Waals surface area contributed by atoms with E-state index in [9.17, 15) is 27.9 Å². The lowest BCUT2D eigenvalue weighted by atomic mass is 10.1. The van der Waals surface area contributed by atoms with Crippen molar-refractivity contribution in [2.75, 3.05) is 11.4 Å². The summed E-state index contributed by atoms with van der Waals surface area (Å²) in [5.41, 5.74) is -0.0580. The van der Waals surface area contributed by atoms with Crippen molar-refractivity contribution in [2.45, 2.75) is 38.9 Å². The number of carboxylic acid groups (broad SMARTS) is 1. The van der Waals surface area contributed by atoms with Gasteiger partial charge in [0.05, 0.1) is 29.4 Å². The molecule has 0 radical (unpaired) electrons. The monoisotopic (exact) mass is 372 g/mol. The topological polar surface area (TPSA) is 86.9 Å². The first kappa shape index (κ1) is 19.5. The molecule has 2 aromatic rings. The molecule has 2 N–H and O–H groups in total. The summed E-state index contributed by atoms with van der Waals surface area (Å²) >= 11 is 0. The predicted molar refractivity (Wildman–Crippen MR) is 88.5 cm³/mol. The van der Waals surface area contributed by atoms with Crippen LogP contribution >= 0.6 is 0 Å². The van der Waals surface area contributed by atoms with E-state index in [0.29, 0.717) is 11.2 Å². The standard InChI is InChI=1S/C16H19F3N4O3/c1-15(2,3)23(14(25)26)10-4-7-22-12(8-10)11(9-21-22)13(24)20-6-5-16(17,18)19/h4,7-9H,5-6H2,1-3H3,(H,20,24)(H,25,26). The van der Waals surface area contributed by atoms with E-state index in [1.54, 1.807) is 20.8 Å². The van der Waals surface area contributed by atoms with Gasteiger partial charge in [0.25, 0.3) is 5.91 Å². The third-order valence-electron chi connectivity index (χ3n) is 3.56. The highest BCUT2D eigenvalue weighted by Gasteiger charge is 2.29. The molecule has 2 amide bonds. The molecule has 2 aromatic heterocycles. The van der Waals surface area contributed by atoms with Gasteiger partial charge in [0.1, 0.15) is 0 Å². The SMILES string of the molecule is CC(C)(C)N(C(=O)O)c1ccn2ncc(C(=O)NCCC(F)(F)F)c2c1. The first-order valence-electron chi connectivity index (χ1n) is 7.75. The Balaban J connectivity index is 2.33. The molecule has 0 spiro atoms. The summed E-state index contributed by atoms with van der Waals surface area (Å²) < 4.78 is 38.0. The highest BCUT2D eigenvalue weighted by molar-refractivity contribution is 6.01. The number of halogens is 3. The number of pyridine rings is 1. The molecule has 0 aliphatic carbocycles. The van der Waals surface area contributed by atoms with Crippen molar-refractivity contribution in [3.63, 3.8) is 0 Å². The van der Waals surface area contributed by atoms with Crippen molar-refractivity contribution in [2.24, 2.45) is 0 Å². The minimum absolute atomic E-state index is 0.0632. The fourth-order valence-corrected chi connectivity index (χ4v) is 2.48. The molecule has 26 heavy (non-hydrogen) atoms. The summed E-state index contributed by atoms with van der Waals surface area (Å²) in [6, 6.07) is 3.00. The molecule has 0 aliphatic heterocycles. The quantitative estimate of drug-likeness (QED) is 0.862. The number of carbonyl (C=O) groups excluding carboxylic acids is 1. The maximum absolute atomic E-state index is 12.2. The van der Waals surface area contributed by atoms with Gasteiger partial charge in [-0.3, -0.25) is 9.69 Å². The molecule has 2 rings (SSSR count). The Morgan fingerprint density at radius 3 is 2.50 bits per heavy atom. The van der Waals surface area contributed by atoms with Crippen LogP contribution in [-0.2, 0) is 0 Å². The smallest absolute Gasteiger partial charge is 0.412 e. The van der Waals surface area contributed by atoms with Gasteiger partial charge in [-0.25, -0.2) is 9.31 Å². The summed E-state index contributed by atoms with van der Waals surface area (Å²) in [5.74, 6) is -0.709. The Labute approximate surface area is 147 Å². The lowest BCUT2D eigenvalue weighted by molar-refractivity contribution is -0.132. The van der Waals surface area contributed by atoms with E-state index in [2.05, 4.69) is 10.4 Å². The van der Waals surface area contributed by atoms with Gasteiger partial charge in [0, 0.05) is 18.3 Å². The van der Waals surface area contributed by atoms with E-state index < -0.39 is 36.7 Å². The summed E-state index contributed by atoms with van der Waals surface area (Å²) in [6.07, 6.45) is -3.96. The second-order valence-electron chi connectivity index (χ2n) is 6.68. The molecule has 0 saturated heterocycles. The van der Waals surface area contributed by atoms with Gasteiger partial charge in [0.15, 0.2) is 0 Å². The van der Waals surface area contributed by atoms with Gasteiger partial charge in [-0.05, 0) is 32.9 Å². The Bertz CT molecular complexity index is 824. The average Bonchev–Trinajstić information content (AvgIpc) is 2.87. The van der Waals surface area contributed by atoms with Crippen LogP contribution < -0.4 is 10.2 Å². The maximum Gasteiger partial charge on any atom is 0.412 e. The summed E-state index contributed by atoms with van der Waals surface area (Å²) in [4.78, 5) is 24.9. The van der Waals surface area contributed by atoms with Crippen LogP contribution in [0.5, 0.6) is 0 Å². The molecule has 0 unspecified atom stereocenters. The maximum atomic E-state index is 12.2. The molecule has 0 atom stereocenters. The molecule has 0 bridgehead atoms. The highest BCUT2D eigenvalue weighted by Crippen LogP contribution is 2.26. The van der Waals surface area contributed by atoms with Crippen LogP contribution in [0, 0.1) is 0 Å². The number of aromatic nitrogens is 2. The zero-order chi connectivity index (χ0) is 19.7. The average molecular weight is 372 g/mol. The number of hydrogen-bond acceptors (Lipinski definition) is 3. The second kappa shape index (κ2) is 6.85. The van der Waals surface area contributed by atoms with Crippen molar-refractivity contribution < 1.29 is 27.9 Å². The molecule has 0 aliphatic rings. The first-order valence-corrected chi connectivity index (χ1v) is 7.75. The minimum Gasteiger partial charge on any atom is -0.465 e. The number of anilines is 1. The lowest BCUT2D eigenvalue weighted by Gasteiger charge is -2.33. The van der Waals surface area contributed by atoms with Crippen molar-refractivity contribution in [3.05, 3.63) is 30.1 Å². The van der Waals surface area contributed by atoms with Crippen molar-refractivity contribution >= 4 is 23.2 Å². The van der Waals surface area contributed by atoms with Crippen molar-refractivity contribution in [3.8, 4) is 0 Å². The molecule has 142 valence electrons. The van der Waals surface area contributed by atoms with Crippen LogP contribution in [-0.4, -0.2) is 45.0 Å². The van der Waals surface area contributed by atoms with Gasteiger partial charge in [-0.2, -0.15) is 18.3 Å². The number of nitrogens with zero attached hydrogens (tertiary/aromatic N) is 3. The molecular formula is C16H19F3N4O3. The Hall–Kier alpha value is -2.78. The fourth-order valence-electron chi connectivity index (χ4n) is 2.48. The van der Waals surface area contributed by atoms with Crippen LogP contribution in [0.4, 0.5) is 23.7 Å². The van der Waals surface area contributed by atoms with E-state index in [1.807, 2.05) is 0 Å². The van der Waals surface area contributed by atoms with E-state index in [4.69, 9.17) is 0 Å². The molecular weight excluding hydrogens is 353 g/mol. The predicted octanol–water partition coefficient (Wildman–Crippen LogP) is 3.30. The minimum atomic E-state index is -4.36. The first-order chi connectivity index (χ1) is 11.9. The molecule has 0 aromatic carbocycles. The number of alkyl halides is 3. The number of nitrogens with one attached hydrogen (secondary N) is 1. The van der Waals surface area contributed by atoms with Crippen molar-refractivity contribution in [1.82, 2.24) is 14.9 Å². The summed E-state index contributed by atoms with van der Waals surface area (Å²) in [5, 5.41) is 15.6. The molecule has 7 nitrogen and oxygen atoms in total. The number of rotatable bonds is 4. The van der Waals surface area contributed by atoms with Crippen LogP contribution in [0.1, 0.15) is 37.6 Å². The zero-order valence-corrected chi connectivity index (χ0v) is 14.5. The Morgan fingerprint density at radius 2 is 1.96 bits per heavy atom. The summed E-state index contributed by atoms with van der Waals surface area (Å²) in [6.45, 7) is 4.59. The van der Waals surface area contributed by atoms with Crippen LogP contribution in [0.3, 0.4) is 0 Å². The second-order valence-corrected chi connectivity index (χ2v) is 6.68.